The van der Waals surface area contributed by atoms with Gasteiger partial charge in [0.2, 0.25) is 0 Å². The summed E-state index contributed by atoms with van der Waals surface area (Å²) in [6, 6.07) is 36.6. The first-order valence-electron chi connectivity index (χ1n) is 14.7. The molecule has 0 aromatic heterocycles. The molecule has 0 radical (unpaired) electrons. The maximum atomic E-state index is 8.63. The Labute approximate surface area is 246 Å². The first-order chi connectivity index (χ1) is 20.0. The number of benzene rings is 4. The predicted molar refractivity (Wildman–Crippen MR) is 169 cm³/mol. The van der Waals surface area contributed by atoms with Crippen LogP contribution in [0.2, 0.25) is 0 Å². The third-order valence-corrected chi connectivity index (χ3v) is 6.71. The SMILES string of the molecule is C1CCC(NC2CCCCC2)CC1.Oc1ccccc1.Oc1ccccc1.Oc1ccccc1.Oc1ccccc1. The first-order valence-corrected chi connectivity index (χ1v) is 14.7. The second-order valence-corrected chi connectivity index (χ2v) is 10.2. The molecule has 5 nitrogen and oxygen atoms in total. The van der Waals surface area contributed by atoms with E-state index < -0.39 is 0 Å². The lowest BCUT2D eigenvalue weighted by molar-refractivity contribution is 0.291. The number of rotatable bonds is 2. The molecule has 0 unspecified atom stereocenters. The molecule has 0 aliphatic heterocycles. The van der Waals surface area contributed by atoms with Crippen LogP contribution in [0.25, 0.3) is 0 Å². The molecular weight excluding hydrogens is 510 g/mol. The Kier molecular flexibility index (Phi) is 17.7. The van der Waals surface area contributed by atoms with Crippen molar-refractivity contribution in [1.29, 1.82) is 0 Å². The normalized spacial score (nSPS) is 14.6. The second-order valence-electron chi connectivity index (χ2n) is 10.2. The highest BCUT2D eigenvalue weighted by Gasteiger charge is 2.19. The minimum Gasteiger partial charge on any atom is -0.508 e. The maximum absolute atomic E-state index is 8.63. The molecule has 4 aromatic rings. The molecule has 41 heavy (non-hydrogen) atoms. The van der Waals surface area contributed by atoms with Gasteiger partial charge in [-0.2, -0.15) is 0 Å². The lowest BCUT2D eigenvalue weighted by atomic mass is 9.91. The molecule has 0 saturated heterocycles. The zero-order chi connectivity index (χ0) is 29.4. The van der Waals surface area contributed by atoms with E-state index in [4.69, 9.17) is 20.4 Å². The van der Waals surface area contributed by atoms with Gasteiger partial charge in [-0.3, -0.25) is 0 Å². The summed E-state index contributed by atoms with van der Waals surface area (Å²) in [5.74, 6) is 1.29. The van der Waals surface area contributed by atoms with Crippen molar-refractivity contribution >= 4 is 0 Å². The van der Waals surface area contributed by atoms with Crippen LogP contribution >= 0.6 is 0 Å². The Morgan fingerprint density at radius 1 is 0.341 bits per heavy atom. The molecule has 0 amide bonds. The van der Waals surface area contributed by atoms with Crippen molar-refractivity contribution in [2.24, 2.45) is 0 Å². The quantitative estimate of drug-likeness (QED) is 0.170. The zero-order valence-corrected chi connectivity index (χ0v) is 24.1. The van der Waals surface area contributed by atoms with Crippen LogP contribution in [0.3, 0.4) is 0 Å². The van der Waals surface area contributed by atoms with Crippen LogP contribution in [0.15, 0.2) is 121 Å². The van der Waals surface area contributed by atoms with Crippen LogP contribution in [0.4, 0.5) is 0 Å². The predicted octanol–water partition coefficient (Wildman–Crippen LogP) is 8.81. The van der Waals surface area contributed by atoms with E-state index in [1.807, 2.05) is 24.3 Å². The fourth-order valence-electron chi connectivity index (χ4n) is 4.58. The number of hydrogen-bond acceptors (Lipinski definition) is 5. The highest BCUT2D eigenvalue weighted by Crippen LogP contribution is 2.22. The van der Waals surface area contributed by atoms with Crippen LogP contribution in [-0.2, 0) is 0 Å². The molecule has 220 valence electrons. The van der Waals surface area contributed by atoms with E-state index in [1.165, 1.54) is 64.2 Å². The van der Waals surface area contributed by atoms with Crippen molar-refractivity contribution in [2.75, 3.05) is 0 Å². The Morgan fingerprint density at radius 3 is 0.732 bits per heavy atom. The summed E-state index contributed by atoms with van der Waals surface area (Å²) in [5, 5.41) is 38.4. The van der Waals surface area contributed by atoms with Gasteiger partial charge in [-0.05, 0) is 74.2 Å². The molecule has 2 aliphatic rings. The second kappa shape index (κ2) is 21.8. The largest absolute Gasteiger partial charge is 0.508 e. The molecule has 0 atom stereocenters. The molecule has 2 aliphatic carbocycles. The van der Waals surface area contributed by atoms with Crippen molar-refractivity contribution in [2.45, 2.75) is 76.3 Å². The van der Waals surface area contributed by atoms with E-state index in [0.717, 1.165) is 12.1 Å². The number of hydrogen-bond donors (Lipinski definition) is 5. The minimum atomic E-state index is 0.322. The highest BCUT2D eigenvalue weighted by atomic mass is 16.3. The van der Waals surface area contributed by atoms with Crippen LogP contribution in [0.5, 0.6) is 23.0 Å². The average Bonchev–Trinajstić information content (AvgIpc) is 3.01. The fraction of sp³-hybridized carbons (Fsp3) is 0.333. The molecule has 0 spiro atoms. The Hall–Kier alpha value is -3.96. The van der Waals surface area contributed by atoms with E-state index in [9.17, 15) is 0 Å². The van der Waals surface area contributed by atoms with Crippen molar-refractivity contribution in [1.82, 2.24) is 5.32 Å². The van der Waals surface area contributed by atoms with Gasteiger partial charge in [-0.25, -0.2) is 0 Å². The van der Waals surface area contributed by atoms with Gasteiger partial charge in [0.05, 0.1) is 0 Å². The smallest absolute Gasteiger partial charge is 0.115 e. The third kappa shape index (κ3) is 18.1. The summed E-state index contributed by atoms with van der Waals surface area (Å²) in [5.41, 5.74) is 0. The summed E-state index contributed by atoms with van der Waals surface area (Å²) in [7, 11) is 0. The summed E-state index contributed by atoms with van der Waals surface area (Å²) in [4.78, 5) is 0. The maximum Gasteiger partial charge on any atom is 0.115 e. The van der Waals surface area contributed by atoms with Gasteiger partial charge < -0.3 is 25.7 Å². The minimum absolute atomic E-state index is 0.322. The van der Waals surface area contributed by atoms with Crippen molar-refractivity contribution in [3.8, 4) is 23.0 Å². The first kappa shape index (κ1) is 33.2. The molecule has 2 fully saturated rings. The molecule has 4 aromatic carbocycles. The highest BCUT2D eigenvalue weighted by molar-refractivity contribution is 5.20. The zero-order valence-electron chi connectivity index (χ0n) is 24.1. The van der Waals surface area contributed by atoms with Crippen LogP contribution in [-0.4, -0.2) is 32.5 Å². The number of aromatic hydroxyl groups is 4. The average molecular weight is 558 g/mol. The third-order valence-electron chi connectivity index (χ3n) is 6.71. The topological polar surface area (TPSA) is 93.0 Å². The number of para-hydroxylation sites is 4. The van der Waals surface area contributed by atoms with E-state index in [2.05, 4.69) is 5.32 Å². The molecule has 0 bridgehead atoms. The molecule has 0 heterocycles. The van der Waals surface area contributed by atoms with Gasteiger partial charge in [-0.1, -0.05) is 111 Å². The van der Waals surface area contributed by atoms with Gasteiger partial charge in [0.1, 0.15) is 23.0 Å². The lowest BCUT2D eigenvalue weighted by Crippen LogP contribution is -2.40. The molecule has 2 saturated carbocycles. The fourth-order valence-corrected chi connectivity index (χ4v) is 4.58. The van der Waals surface area contributed by atoms with E-state index in [-0.39, 0.29) is 0 Å². The van der Waals surface area contributed by atoms with E-state index >= 15 is 0 Å². The van der Waals surface area contributed by atoms with Gasteiger partial charge >= 0.3 is 0 Å². The molecule has 5 N–H and O–H groups in total. The number of phenolic OH excluding ortho intramolecular Hbond substituents is 4. The molecular formula is C36H47NO4. The molecule has 5 heteroatoms. The van der Waals surface area contributed by atoms with Crippen LogP contribution in [0, 0.1) is 0 Å². The van der Waals surface area contributed by atoms with Crippen molar-refractivity contribution < 1.29 is 20.4 Å². The Balaban J connectivity index is 0.000000185. The van der Waals surface area contributed by atoms with E-state index in [1.54, 1.807) is 97.1 Å². The summed E-state index contributed by atoms with van der Waals surface area (Å²) >= 11 is 0. The van der Waals surface area contributed by atoms with Crippen LogP contribution in [0.1, 0.15) is 64.2 Å². The van der Waals surface area contributed by atoms with Gasteiger partial charge in [0, 0.05) is 12.1 Å². The number of phenols is 4. The Bertz CT molecular complexity index is 933. The van der Waals surface area contributed by atoms with Crippen LogP contribution < -0.4 is 5.32 Å². The van der Waals surface area contributed by atoms with Crippen molar-refractivity contribution in [3.05, 3.63) is 121 Å². The summed E-state index contributed by atoms with van der Waals surface area (Å²) in [6.07, 6.45) is 14.6. The monoisotopic (exact) mass is 557 g/mol. The lowest BCUT2D eigenvalue weighted by Gasteiger charge is -2.30. The Morgan fingerprint density at radius 2 is 0.561 bits per heavy atom. The molecule has 6 rings (SSSR count). The summed E-state index contributed by atoms with van der Waals surface area (Å²) in [6.45, 7) is 0. The van der Waals surface area contributed by atoms with Gasteiger partial charge in [0.25, 0.3) is 0 Å². The van der Waals surface area contributed by atoms with E-state index in [0.29, 0.717) is 23.0 Å². The standard InChI is InChI=1S/C12H23N.4C6H6O/c1-3-7-11(8-4-1)13-12-9-5-2-6-10-12;4*7-6-4-2-1-3-5-6/h11-13H,1-10H2;4*1-5,7H. The van der Waals surface area contributed by atoms with Gasteiger partial charge in [0.15, 0.2) is 0 Å². The summed E-state index contributed by atoms with van der Waals surface area (Å²) < 4.78 is 0. The number of nitrogens with one attached hydrogen (secondary N) is 1. The van der Waals surface area contributed by atoms with Gasteiger partial charge in [-0.15, -0.1) is 0 Å². The van der Waals surface area contributed by atoms with Crippen molar-refractivity contribution in [3.63, 3.8) is 0 Å².